The third kappa shape index (κ3) is 2.84. The quantitative estimate of drug-likeness (QED) is 0.897. The number of aromatic carboxylic acids is 1. The van der Waals surface area contributed by atoms with Gasteiger partial charge in [-0.1, -0.05) is 37.6 Å². The first-order valence-electron chi connectivity index (χ1n) is 7.50. The molecule has 1 aliphatic carbocycles. The first-order chi connectivity index (χ1) is 10.1. The van der Waals surface area contributed by atoms with Gasteiger partial charge in [0.2, 0.25) is 0 Å². The van der Waals surface area contributed by atoms with Gasteiger partial charge in [0.15, 0.2) is 0 Å². The molecule has 0 saturated heterocycles. The van der Waals surface area contributed by atoms with Crippen LogP contribution in [-0.4, -0.2) is 22.6 Å². The molecule has 2 unspecified atom stereocenters. The maximum absolute atomic E-state index is 11.3. The molecule has 4 heteroatoms. The number of carbonyl (C=O) groups is 1. The summed E-state index contributed by atoms with van der Waals surface area (Å²) in [5.74, 6) is 1.36. The number of rotatable bonds is 4. The highest BCUT2D eigenvalue weighted by Crippen LogP contribution is 2.31. The van der Waals surface area contributed by atoms with Crippen LogP contribution in [0.25, 0.3) is 10.8 Å². The van der Waals surface area contributed by atoms with Gasteiger partial charge in [-0.15, -0.1) is 0 Å². The lowest BCUT2D eigenvalue weighted by molar-refractivity contribution is 0.0698. The van der Waals surface area contributed by atoms with Crippen molar-refractivity contribution in [3.63, 3.8) is 0 Å². The molecule has 0 aliphatic heterocycles. The van der Waals surface area contributed by atoms with Crippen LogP contribution in [0.1, 0.15) is 36.5 Å². The Morgan fingerprint density at radius 3 is 2.76 bits per heavy atom. The number of carboxylic acids is 1. The zero-order valence-corrected chi connectivity index (χ0v) is 12.2. The van der Waals surface area contributed by atoms with E-state index in [1.807, 2.05) is 24.3 Å². The summed E-state index contributed by atoms with van der Waals surface area (Å²) in [6, 6.07) is 7.54. The summed E-state index contributed by atoms with van der Waals surface area (Å²) in [4.78, 5) is 15.6. The molecule has 0 spiro atoms. The molecule has 21 heavy (non-hydrogen) atoms. The van der Waals surface area contributed by atoms with Gasteiger partial charge >= 0.3 is 5.97 Å². The van der Waals surface area contributed by atoms with E-state index in [9.17, 15) is 9.90 Å². The molecule has 2 N–H and O–H groups in total. The minimum absolute atomic E-state index is 0.255. The summed E-state index contributed by atoms with van der Waals surface area (Å²) in [5, 5.41) is 14.3. The van der Waals surface area contributed by atoms with Gasteiger partial charge in [0.1, 0.15) is 5.82 Å². The predicted octanol–water partition coefficient (Wildman–Crippen LogP) is 3.78. The van der Waals surface area contributed by atoms with Gasteiger partial charge in [0.05, 0.1) is 5.56 Å². The number of hydrogen-bond acceptors (Lipinski definition) is 3. The second-order valence-electron chi connectivity index (χ2n) is 6.04. The highest BCUT2D eigenvalue weighted by Gasteiger charge is 2.21. The first kappa shape index (κ1) is 13.9. The largest absolute Gasteiger partial charge is 0.478 e. The maximum Gasteiger partial charge on any atom is 0.337 e. The van der Waals surface area contributed by atoms with Crippen molar-refractivity contribution in [3.8, 4) is 0 Å². The zero-order chi connectivity index (χ0) is 14.8. The van der Waals surface area contributed by atoms with Crippen LogP contribution >= 0.6 is 0 Å². The fourth-order valence-electron chi connectivity index (χ4n) is 3.26. The fourth-order valence-corrected chi connectivity index (χ4v) is 3.26. The van der Waals surface area contributed by atoms with Gasteiger partial charge in [-0.05, 0) is 24.7 Å². The van der Waals surface area contributed by atoms with Crippen molar-refractivity contribution < 1.29 is 9.90 Å². The molecule has 2 aromatic rings. The van der Waals surface area contributed by atoms with Gasteiger partial charge in [0.25, 0.3) is 0 Å². The van der Waals surface area contributed by atoms with Crippen LogP contribution in [0.5, 0.6) is 0 Å². The lowest BCUT2D eigenvalue weighted by atomic mass is 10.1. The number of benzene rings is 1. The van der Waals surface area contributed by atoms with E-state index in [4.69, 9.17) is 0 Å². The molecule has 0 amide bonds. The second-order valence-corrected chi connectivity index (χ2v) is 6.04. The van der Waals surface area contributed by atoms with E-state index < -0.39 is 5.97 Å². The van der Waals surface area contributed by atoms with Crippen LogP contribution in [-0.2, 0) is 0 Å². The average molecular weight is 284 g/mol. The Balaban J connectivity index is 1.86. The molecule has 1 saturated carbocycles. The van der Waals surface area contributed by atoms with Gasteiger partial charge < -0.3 is 10.4 Å². The van der Waals surface area contributed by atoms with Gasteiger partial charge in [-0.25, -0.2) is 9.78 Å². The minimum atomic E-state index is -0.935. The molecule has 1 fully saturated rings. The van der Waals surface area contributed by atoms with Crippen molar-refractivity contribution >= 4 is 22.6 Å². The van der Waals surface area contributed by atoms with Crippen LogP contribution in [0, 0.1) is 11.8 Å². The third-order valence-electron chi connectivity index (χ3n) is 4.39. The molecule has 1 aliphatic rings. The van der Waals surface area contributed by atoms with Crippen LogP contribution in [0.2, 0.25) is 0 Å². The monoisotopic (exact) mass is 284 g/mol. The Bertz CT molecular complexity index is 669. The Kier molecular flexibility index (Phi) is 3.78. The SMILES string of the molecule is CC1CCC(CNc2ncc(C(=O)O)c3ccccc23)C1. The highest BCUT2D eigenvalue weighted by molar-refractivity contribution is 6.06. The van der Waals surface area contributed by atoms with Gasteiger partial charge in [-0.2, -0.15) is 0 Å². The number of pyridine rings is 1. The molecule has 1 aromatic carbocycles. The van der Waals surface area contributed by atoms with Crippen LogP contribution in [0.15, 0.2) is 30.5 Å². The molecule has 0 bridgehead atoms. The Labute approximate surface area is 124 Å². The molecule has 1 aromatic heterocycles. The van der Waals surface area contributed by atoms with E-state index in [1.165, 1.54) is 25.5 Å². The van der Waals surface area contributed by atoms with Gasteiger partial charge in [0, 0.05) is 23.5 Å². The average Bonchev–Trinajstić information content (AvgIpc) is 2.90. The Hall–Kier alpha value is -2.10. The molecule has 3 rings (SSSR count). The van der Waals surface area contributed by atoms with Crippen molar-refractivity contribution in [1.29, 1.82) is 0 Å². The van der Waals surface area contributed by atoms with Crippen LogP contribution < -0.4 is 5.32 Å². The smallest absolute Gasteiger partial charge is 0.337 e. The number of carboxylic acid groups (broad SMARTS) is 1. The summed E-state index contributed by atoms with van der Waals surface area (Å²) >= 11 is 0. The standard InChI is InChI=1S/C17H20N2O2/c1-11-6-7-12(8-11)9-18-16-14-5-3-2-4-13(14)15(10-19-16)17(20)21/h2-5,10-12H,6-9H2,1H3,(H,18,19)(H,20,21). The molecule has 2 atom stereocenters. The lowest BCUT2D eigenvalue weighted by Crippen LogP contribution is -2.13. The predicted molar refractivity (Wildman–Crippen MR) is 83.7 cm³/mol. The summed E-state index contributed by atoms with van der Waals surface area (Å²) in [6.45, 7) is 3.21. The van der Waals surface area contributed by atoms with Crippen LogP contribution in [0.3, 0.4) is 0 Å². The molecule has 4 nitrogen and oxygen atoms in total. The normalized spacial score (nSPS) is 21.6. The molecular weight excluding hydrogens is 264 g/mol. The summed E-state index contributed by atoms with van der Waals surface area (Å²) in [7, 11) is 0. The fraction of sp³-hybridized carbons (Fsp3) is 0.412. The Morgan fingerprint density at radius 2 is 2.10 bits per heavy atom. The molecular formula is C17H20N2O2. The maximum atomic E-state index is 11.3. The van der Waals surface area contributed by atoms with E-state index >= 15 is 0 Å². The van der Waals surface area contributed by atoms with E-state index in [0.717, 1.165) is 29.1 Å². The third-order valence-corrected chi connectivity index (χ3v) is 4.39. The second kappa shape index (κ2) is 5.72. The van der Waals surface area contributed by atoms with E-state index in [0.29, 0.717) is 5.92 Å². The summed E-state index contributed by atoms with van der Waals surface area (Å²) in [6.07, 6.45) is 5.28. The van der Waals surface area contributed by atoms with E-state index in [-0.39, 0.29) is 5.56 Å². The number of nitrogens with one attached hydrogen (secondary N) is 1. The molecule has 110 valence electrons. The topological polar surface area (TPSA) is 62.2 Å². The number of anilines is 1. The minimum Gasteiger partial charge on any atom is -0.478 e. The van der Waals surface area contributed by atoms with E-state index in [1.54, 1.807) is 0 Å². The number of aromatic nitrogens is 1. The lowest BCUT2D eigenvalue weighted by Gasteiger charge is -2.14. The van der Waals surface area contributed by atoms with Gasteiger partial charge in [-0.3, -0.25) is 0 Å². The Morgan fingerprint density at radius 1 is 1.33 bits per heavy atom. The first-order valence-corrected chi connectivity index (χ1v) is 7.50. The van der Waals surface area contributed by atoms with Crippen molar-refractivity contribution in [1.82, 2.24) is 4.98 Å². The van der Waals surface area contributed by atoms with Crippen molar-refractivity contribution in [2.45, 2.75) is 26.2 Å². The molecule has 0 radical (unpaired) electrons. The zero-order valence-electron chi connectivity index (χ0n) is 12.2. The number of fused-ring (bicyclic) bond motifs is 1. The van der Waals surface area contributed by atoms with Crippen molar-refractivity contribution in [3.05, 3.63) is 36.0 Å². The van der Waals surface area contributed by atoms with Crippen molar-refractivity contribution in [2.75, 3.05) is 11.9 Å². The van der Waals surface area contributed by atoms with Crippen molar-refractivity contribution in [2.24, 2.45) is 11.8 Å². The number of hydrogen-bond donors (Lipinski definition) is 2. The van der Waals surface area contributed by atoms with Crippen LogP contribution in [0.4, 0.5) is 5.82 Å². The highest BCUT2D eigenvalue weighted by atomic mass is 16.4. The summed E-state index contributed by atoms with van der Waals surface area (Å²) in [5.41, 5.74) is 0.255. The van der Waals surface area contributed by atoms with E-state index in [2.05, 4.69) is 17.2 Å². The number of nitrogens with zero attached hydrogens (tertiary/aromatic N) is 1. The molecule has 1 heterocycles. The summed E-state index contributed by atoms with van der Waals surface area (Å²) < 4.78 is 0.